The van der Waals surface area contributed by atoms with Crippen LogP contribution in [0.4, 0.5) is 5.82 Å². The van der Waals surface area contributed by atoms with E-state index in [1.807, 2.05) is 36.7 Å². The zero-order valence-electron chi connectivity index (χ0n) is 19.0. The van der Waals surface area contributed by atoms with Gasteiger partial charge in [-0.25, -0.2) is 4.68 Å². The number of aryl methyl sites for hydroxylation is 1. The quantitative estimate of drug-likeness (QED) is 0.617. The van der Waals surface area contributed by atoms with E-state index in [0.29, 0.717) is 40.6 Å². The maximum atomic E-state index is 6.43. The standard InChI is InChI=1S/C23H30ClN7O/c1-13(2)30-23(32-19-7-5-6-18(24)15(19)4)26-22(28-30)31-20(10-14(3)27-31)29-11-16-8-9-17(12-29)21(16)25/h5-7,10,13,16-17,21H,8-9,11-12,25H2,1-4H3. The molecule has 2 bridgehead atoms. The highest BCUT2D eigenvalue weighted by Gasteiger charge is 2.40. The Kier molecular flexibility index (Phi) is 5.37. The first-order chi connectivity index (χ1) is 15.3. The predicted octanol–water partition coefficient (Wildman–Crippen LogP) is 4.28. The Balaban J connectivity index is 1.51. The number of piperidine rings is 1. The van der Waals surface area contributed by atoms with Gasteiger partial charge in [-0.2, -0.15) is 14.8 Å². The average molecular weight is 456 g/mol. The lowest BCUT2D eigenvalue weighted by Crippen LogP contribution is -2.49. The molecule has 2 aromatic heterocycles. The number of ether oxygens (including phenoxy) is 1. The topological polar surface area (TPSA) is 87.0 Å². The van der Waals surface area contributed by atoms with Crippen molar-refractivity contribution in [3.63, 3.8) is 0 Å². The fraction of sp³-hybridized carbons (Fsp3) is 0.522. The molecule has 0 radical (unpaired) electrons. The molecule has 5 rings (SSSR count). The van der Waals surface area contributed by atoms with Gasteiger partial charge in [0.25, 0.3) is 5.95 Å². The van der Waals surface area contributed by atoms with Crippen molar-refractivity contribution in [2.24, 2.45) is 17.6 Å². The fourth-order valence-corrected chi connectivity index (χ4v) is 5.07. The lowest BCUT2D eigenvalue weighted by molar-refractivity contribution is 0.353. The first-order valence-corrected chi connectivity index (χ1v) is 11.7. The number of anilines is 1. The summed E-state index contributed by atoms with van der Waals surface area (Å²) in [5, 5.41) is 10.1. The van der Waals surface area contributed by atoms with Crippen LogP contribution in [0.3, 0.4) is 0 Å². The normalized spacial score (nSPS) is 22.7. The van der Waals surface area contributed by atoms with Crippen LogP contribution < -0.4 is 15.4 Å². The summed E-state index contributed by atoms with van der Waals surface area (Å²) in [6.45, 7) is 9.91. The van der Waals surface area contributed by atoms with Crippen LogP contribution in [-0.2, 0) is 0 Å². The van der Waals surface area contributed by atoms with Crippen molar-refractivity contribution in [3.05, 3.63) is 40.5 Å². The molecule has 2 aliphatic rings. The molecule has 2 atom stereocenters. The number of benzene rings is 1. The summed E-state index contributed by atoms with van der Waals surface area (Å²) < 4.78 is 9.79. The van der Waals surface area contributed by atoms with Crippen molar-refractivity contribution in [2.45, 2.75) is 52.6 Å². The van der Waals surface area contributed by atoms with Crippen molar-refractivity contribution >= 4 is 17.4 Å². The Hall–Kier alpha value is -2.58. The van der Waals surface area contributed by atoms with Crippen LogP contribution in [0, 0.1) is 25.7 Å². The van der Waals surface area contributed by atoms with Gasteiger partial charge in [-0.3, -0.25) is 0 Å². The van der Waals surface area contributed by atoms with E-state index in [0.717, 1.165) is 30.2 Å². The molecule has 2 N–H and O–H groups in total. The smallest absolute Gasteiger partial charge is 0.322 e. The van der Waals surface area contributed by atoms with E-state index >= 15 is 0 Å². The van der Waals surface area contributed by atoms with Crippen molar-refractivity contribution in [2.75, 3.05) is 18.0 Å². The van der Waals surface area contributed by atoms with Crippen LogP contribution >= 0.6 is 11.6 Å². The number of nitrogens with zero attached hydrogens (tertiary/aromatic N) is 6. The Bertz CT molecular complexity index is 1120. The summed E-state index contributed by atoms with van der Waals surface area (Å²) in [6.07, 6.45) is 2.40. The number of rotatable bonds is 5. The van der Waals surface area contributed by atoms with Gasteiger partial charge in [0.05, 0.1) is 11.7 Å². The maximum absolute atomic E-state index is 6.43. The number of halogens is 1. The summed E-state index contributed by atoms with van der Waals surface area (Å²) in [6, 6.07) is 8.49. The minimum absolute atomic E-state index is 0.0645. The number of nitrogens with two attached hydrogens (primary N) is 1. The third-order valence-electron chi connectivity index (χ3n) is 6.73. The lowest BCUT2D eigenvalue weighted by Gasteiger charge is -2.37. The maximum Gasteiger partial charge on any atom is 0.322 e. The van der Waals surface area contributed by atoms with Gasteiger partial charge in [-0.15, -0.1) is 5.10 Å². The highest BCUT2D eigenvalue weighted by Crippen LogP contribution is 2.38. The Morgan fingerprint density at radius 1 is 1.12 bits per heavy atom. The molecule has 170 valence electrons. The summed E-state index contributed by atoms with van der Waals surface area (Å²) in [5.74, 6) is 3.24. The lowest BCUT2D eigenvalue weighted by atomic mass is 9.93. The van der Waals surface area contributed by atoms with Gasteiger partial charge in [-0.05, 0) is 64.5 Å². The first kappa shape index (κ1) is 21.3. The average Bonchev–Trinajstić information content (AvgIpc) is 3.39. The molecular formula is C23H30ClN7O. The van der Waals surface area contributed by atoms with E-state index in [2.05, 4.69) is 24.8 Å². The summed E-state index contributed by atoms with van der Waals surface area (Å²) in [4.78, 5) is 7.13. The number of fused-ring (bicyclic) bond motifs is 2. The van der Waals surface area contributed by atoms with Crippen molar-refractivity contribution in [1.29, 1.82) is 0 Å². The van der Waals surface area contributed by atoms with Crippen LogP contribution in [-0.4, -0.2) is 43.7 Å². The molecule has 9 heteroatoms. The van der Waals surface area contributed by atoms with Gasteiger partial charge in [0.15, 0.2) is 0 Å². The van der Waals surface area contributed by atoms with Gasteiger partial charge in [0, 0.05) is 35.8 Å². The van der Waals surface area contributed by atoms with Crippen LogP contribution in [0.15, 0.2) is 24.3 Å². The zero-order valence-corrected chi connectivity index (χ0v) is 19.8. The largest absolute Gasteiger partial charge is 0.424 e. The first-order valence-electron chi connectivity index (χ1n) is 11.3. The second-order valence-corrected chi connectivity index (χ2v) is 9.74. The Morgan fingerprint density at radius 3 is 2.53 bits per heavy atom. The Labute approximate surface area is 193 Å². The molecule has 2 unspecified atom stereocenters. The van der Waals surface area contributed by atoms with Crippen molar-refractivity contribution in [3.8, 4) is 17.7 Å². The molecule has 1 saturated carbocycles. The highest BCUT2D eigenvalue weighted by molar-refractivity contribution is 6.31. The molecule has 8 nitrogen and oxygen atoms in total. The second kappa shape index (κ2) is 8.08. The molecule has 3 heterocycles. The number of hydrogen-bond acceptors (Lipinski definition) is 6. The summed E-state index contributed by atoms with van der Waals surface area (Å²) >= 11 is 6.28. The van der Waals surface area contributed by atoms with Crippen LogP contribution in [0.25, 0.3) is 5.95 Å². The third kappa shape index (κ3) is 3.65. The van der Waals surface area contributed by atoms with E-state index in [1.54, 1.807) is 4.68 Å². The molecule has 1 aliphatic carbocycles. The van der Waals surface area contributed by atoms with E-state index < -0.39 is 0 Å². The molecule has 1 aromatic carbocycles. The minimum Gasteiger partial charge on any atom is -0.424 e. The Morgan fingerprint density at radius 2 is 1.84 bits per heavy atom. The molecular weight excluding hydrogens is 426 g/mol. The molecule has 1 aliphatic heterocycles. The molecule has 1 saturated heterocycles. The monoisotopic (exact) mass is 455 g/mol. The van der Waals surface area contributed by atoms with Crippen molar-refractivity contribution in [1.82, 2.24) is 24.5 Å². The van der Waals surface area contributed by atoms with E-state index in [4.69, 9.17) is 37.3 Å². The molecule has 3 aromatic rings. The summed E-state index contributed by atoms with van der Waals surface area (Å²) in [7, 11) is 0. The zero-order chi connectivity index (χ0) is 22.6. The number of aromatic nitrogens is 5. The van der Waals surface area contributed by atoms with E-state index in [-0.39, 0.29) is 6.04 Å². The highest BCUT2D eigenvalue weighted by atomic mass is 35.5. The van der Waals surface area contributed by atoms with Gasteiger partial charge in [0.1, 0.15) is 11.6 Å². The predicted molar refractivity (Wildman–Crippen MR) is 125 cm³/mol. The molecule has 0 amide bonds. The van der Waals surface area contributed by atoms with Crippen LogP contribution in [0.1, 0.15) is 44.0 Å². The third-order valence-corrected chi connectivity index (χ3v) is 7.14. The van der Waals surface area contributed by atoms with Crippen LogP contribution in [0.5, 0.6) is 11.8 Å². The van der Waals surface area contributed by atoms with Crippen molar-refractivity contribution < 1.29 is 4.74 Å². The van der Waals surface area contributed by atoms with Crippen LogP contribution in [0.2, 0.25) is 5.02 Å². The second-order valence-electron chi connectivity index (χ2n) is 9.33. The minimum atomic E-state index is 0.0645. The van der Waals surface area contributed by atoms with Gasteiger partial charge < -0.3 is 15.4 Å². The van der Waals surface area contributed by atoms with Gasteiger partial charge in [-0.1, -0.05) is 17.7 Å². The SMILES string of the molecule is Cc1cc(N2CC3CCC(C2)C3N)n(-c2nc(Oc3cccc(Cl)c3C)n(C(C)C)n2)n1. The number of hydrogen-bond donors (Lipinski definition) is 1. The summed E-state index contributed by atoms with van der Waals surface area (Å²) in [5.41, 5.74) is 8.22. The van der Waals surface area contributed by atoms with E-state index in [9.17, 15) is 0 Å². The fourth-order valence-electron chi connectivity index (χ4n) is 4.90. The molecule has 2 fully saturated rings. The van der Waals surface area contributed by atoms with Gasteiger partial charge >= 0.3 is 6.01 Å². The van der Waals surface area contributed by atoms with Gasteiger partial charge in [0.2, 0.25) is 0 Å². The molecule has 0 spiro atoms. The molecule has 32 heavy (non-hydrogen) atoms. The van der Waals surface area contributed by atoms with E-state index in [1.165, 1.54) is 12.8 Å².